The molecule has 3 N–H and O–H groups in total. The van der Waals surface area contributed by atoms with Crippen LogP contribution in [0, 0.1) is 0 Å². The summed E-state index contributed by atoms with van der Waals surface area (Å²) in [6.07, 6.45) is 1.70. The van der Waals surface area contributed by atoms with E-state index < -0.39 is 12.0 Å². The third-order valence-electron chi connectivity index (χ3n) is 2.15. The maximum absolute atomic E-state index is 10.5. The van der Waals surface area contributed by atoms with Crippen molar-refractivity contribution in [2.45, 2.75) is 18.9 Å². The molecule has 0 aliphatic rings. The summed E-state index contributed by atoms with van der Waals surface area (Å²) in [7, 11) is 0. The van der Waals surface area contributed by atoms with Gasteiger partial charge in [0, 0.05) is 5.56 Å². The lowest BCUT2D eigenvalue weighted by molar-refractivity contribution is -0.138. The first-order valence-electron chi connectivity index (χ1n) is 4.66. The monoisotopic (exact) mass is 207 g/mol. The third-order valence-corrected chi connectivity index (χ3v) is 2.15. The van der Waals surface area contributed by atoms with Crippen molar-refractivity contribution in [2.75, 3.05) is 0 Å². The summed E-state index contributed by atoms with van der Waals surface area (Å²) in [5.41, 5.74) is 6.89. The molecule has 4 heteroatoms. The Morgan fingerprint density at radius 3 is 2.87 bits per heavy atom. The van der Waals surface area contributed by atoms with E-state index in [0.29, 0.717) is 18.4 Å². The largest absolute Gasteiger partial charge is 0.480 e. The minimum Gasteiger partial charge on any atom is -0.480 e. The van der Waals surface area contributed by atoms with Gasteiger partial charge in [0.05, 0.1) is 0 Å². The smallest absolute Gasteiger partial charge is 0.320 e. The van der Waals surface area contributed by atoms with E-state index in [0.717, 1.165) is 11.8 Å². The molecule has 1 aromatic rings. The quantitative estimate of drug-likeness (QED) is 0.701. The van der Waals surface area contributed by atoms with Crippen LogP contribution in [0.25, 0.3) is 0 Å². The number of hydrogen-bond acceptors (Lipinski definition) is 3. The Kier molecular flexibility index (Phi) is 4.00. The molecule has 0 spiro atoms. The normalized spacial score (nSPS) is 12.1. The van der Waals surface area contributed by atoms with Gasteiger partial charge in [-0.3, -0.25) is 9.59 Å². The summed E-state index contributed by atoms with van der Waals surface area (Å²) >= 11 is 0. The highest BCUT2D eigenvalue weighted by Gasteiger charge is 2.10. The molecule has 0 fully saturated rings. The lowest BCUT2D eigenvalue weighted by Gasteiger charge is -2.06. The molecule has 15 heavy (non-hydrogen) atoms. The molecule has 1 aromatic carbocycles. The lowest BCUT2D eigenvalue weighted by atomic mass is 10.0. The number of aliphatic carboxylic acids is 1. The van der Waals surface area contributed by atoms with Crippen LogP contribution in [0.15, 0.2) is 24.3 Å². The van der Waals surface area contributed by atoms with Crippen LogP contribution in [-0.4, -0.2) is 23.4 Å². The first-order valence-corrected chi connectivity index (χ1v) is 4.66. The summed E-state index contributed by atoms with van der Waals surface area (Å²) in [5, 5.41) is 8.58. The van der Waals surface area contributed by atoms with Crippen LogP contribution in [0.4, 0.5) is 0 Å². The topological polar surface area (TPSA) is 80.4 Å². The van der Waals surface area contributed by atoms with Crippen molar-refractivity contribution in [1.82, 2.24) is 0 Å². The average Bonchev–Trinajstić information content (AvgIpc) is 2.26. The van der Waals surface area contributed by atoms with Gasteiger partial charge in [-0.2, -0.15) is 0 Å². The second kappa shape index (κ2) is 5.26. The summed E-state index contributed by atoms with van der Waals surface area (Å²) < 4.78 is 0. The molecule has 80 valence electrons. The minimum absolute atomic E-state index is 0.373. The molecule has 1 atom stereocenters. The number of aryl methyl sites for hydroxylation is 1. The zero-order valence-electron chi connectivity index (χ0n) is 8.22. The predicted octanol–water partition coefficient (Wildman–Crippen LogP) is 0.844. The molecular formula is C11H13NO3. The molecule has 0 radical (unpaired) electrons. The van der Waals surface area contributed by atoms with E-state index in [-0.39, 0.29) is 0 Å². The van der Waals surface area contributed by atoms with Gasteiger partial charge in [0.1, 0.15) is 12.3 Å². The van der Waals surface area contributed by atoms with E-state index >= 15 is 0 Å². The van der Waals surface area contributed by atoms with Gasteiger partial charge in [-0.15, -0.1) is 0 Å². The van der Waals surface area contributed by atoms with Crippen LogP contribution in [0.1, 0.15) is 22.3 Å². The Morgan fingerprint density at radius 1 is 1.53 bits per heavy atom. The predicted molar refractivity (Wildman–Crippen MR) is 55.8 cm³/mol. The highest BCUT2D eigenvalue weighted by Crippen LogP contribution is 2.07. The Hall–Kier alpha value is -1.68. The molecule has 0 amide bonds. The van der Waals surface area contributed by atoms with E-state index in [1.165, 1.54) is 0 Å². The molecule has 4 nitrogen and oxygen atoms in total. The van der Waals surface area contributed by atoms with Crippen molar-refractivity contribution in [3.8, 4) is 0 Å². The van der Waals surface area contributed by atoms with E-state index in [9.17, 15) is 9.59 Å². The van der Waals surface area contributed by atoms with E-state index in [1.54, 1.807) is 18.2 Å². The number of hydrogen-bond donors (Lipinski definition) is 2. The number of carbonyl (C=O) groups is 2. The van der Waals surface area contributed by atoms with Gasteiger partial charge >= 0.3 is 5.97 Å². The fourth-order valence-electron chi connectivity index (χ4n) is 1.27. The molecule has 0 saturated carbocycles. The molecule has 0 aromatic heterocycles. The van der Waals surface area contributed by atoms with Crippen LogP contribution in [0.2, 0.25) is 0 Å². The Bertz CT molecular complexity index is 363. The first-order chi connectivity index (χ1) is 7.13. The number of carboxylic acids is 1. The zero-order valence-corrected chi connectivity index (χ0v) is 8.22. The molecule has 1 unspecified atom stereocenters. The SMILES string of the molecule is NC(CCc1cccc(C=O)c1)C(=O)O. The lowest BCUT2D eigenvalue weighted by Crippen LogP contribution is -2.30. The van der Waals surface area contributed by atoms with Crippen LogP contribution < -0.4 is 5.73 Å². The maximum Gasteiger partial charge on any atom is 0.320 e. The van der Waals surface area contributed by atoms with Gasteiger partial charge in [0.15, 0.2) is 0 Å². The van der Waals surface area contributed by atoms with Crippen molar-refractivity contribution in [3.05, 3.63) is 35.4 Å². The number of nitrogens with two attached hydrogens (primary N) is 1. The first kappa shape index (κ1) is 11.4. The van der Waals surface area contributed by atoms with Crippen molar-refractivity contribution in [2.24, 2.45) is 5.73 Å². The van der Waals surface area contributed by atoms with Crippen LogP contribution in [0.3, 0.4) is 0 Å². The van der Waals surface area contributed by atoms with Crippen LogP contribution in [0.5, 0.6) is 0 Å². The highest BCUT2D eigenvalue weighted by molar-refractivity contribution is 5.75. The molecule has 0 heterocycles. The van der Waals surface area contributed by atoms with Crippen molar-refractivity contribution in [3.63, 3.8) is 0 Å². The molecular weight excluding hydrogens is 194 g/mol. The summed E-state index contributed by atoms with van der Waals surface area (Å²) in [5.74, 6) is -0.999. The summed E-state index contributed by atoms with van der Waals surface area (Å²) in [4.78, 5) is 20.9. The van der Waals surface area contributed by atoms with Crippen molar-refractivity contribution >= 4 is 12.3 Å². The summed E-state index contributed by atoms with van der Waals surface area (Å²) in [6, 6.07) is 6.21. The van der Waals surface area contributed by atoms with E-state index in [4.69, 9.17) is 10.8 Å². The molecule has 0 aliphatic heterocycles. The van der Waals surface area contributed by atoms with Crippen molar-refractivity contribution in [1.29, 1.82) is 0 Å². The van der Waals surface area contributed by atoms with Gasteiger partial charge in [0.25, 0.3) is 0 Å². The number of aldehydes is 1. The number of benzene rings is 1. The van der Waals surface area contributed by atoms with Gasteiger partial charge in [-0.25, -0.2) is 0 Å². The van der Waals surface area contributed by atoms with Gasteiger partial charge in [-0.05, 0) is 24.5 Å². The molecule has 0 bridgehead atoms. The fraction of sp³-hybridized carbons (Fsp3) is 0.273. The third kappa shape index (κ3) is 3.52. The zero-order chi connectivity index (χ0) is 11.3. The second-order valence-electron chi connectivity index (χ2n) is 3.35. The fourth-order valence-corrected chi connectivity index (χ4v) is 1.27. The van der Waals surface area contributed by atoms with Crippen LogP contribution in [-0.2, 0) is 11.2 Å². The van der Waals surface area contributed by atoms with E-state index in [2.05, 4.69) is 0 Å². The Balaban J connectivity index is 2.57. The minimum atomic E-state index is -0.999. The Labute approximate surface area is 87.7 Å². The Morgan fingerprint density at radius 2 is 2.27 bits per heavy atom. The van der Waals surface area contributed by atoms with Crippen LogP contribution >= 0.6 is 0 Å². The highest BCUT2D eigenvalue weighted by atomic mass is 16.4. The molecule has 1 rings (SSSR count). The standard InChI is InChI=1S/C11H13NO3/c12-10(11(14)15)5-4-8-2-1-3-9(6-8)7-13/h1-3,6-7,10H,4-5,12H2,(H,14,15). The average molecular weight is 207 g/mol. The van der Waals surface area contributed by atoms with Gasteiger partial charge in [0.2, 0.25) is 0 Å². The molecule has 0 aliphatic carbocycles. The summed E-state index contributed by atoms with van der Waals surface area (Å²) in [6.45, 7) is 0. The van der Waals surface area contributed by atoms with Gasteiger partial charge in [-0.1, -0.05) is 18.2 Å². The number of rotatable bonds is 5. The number of carbonyl (C=O) groups excluding carboxylic acids is 1. The molecule has 0 saturated heterocycles. The van der Waals surface area contributed by atoms with E-state index in [1.807, 2.05) is 6.07 Å². The van der Waals surface area contributed by atoms with Gasteiger partial charge < -0.3 is 10.8 Å². The maximum atomic E-state index is 10.5. The second-order valence-corrected chi connectivity index (χ2v) is 3.35. The van der Waals surface area contributed by atoms with Crippen molar-refractivity contribution < 1.29 is 14.7 Å². The number of carboxylic acid groups (broad SMARTS) is 1.